The van der Waals surface area contributed by atoms with Gasteiger partial charge in [-0.2, -0.15) is 0 Å². The quantitative estimate of drug-likeness (QED) is 0.432. The van der Waals surface area contributed by atoms with Gasteiger partial charge in [-0.15, -0.1) is 20.5 Å². The fourth-order valence-electron chi connectivity index (χ4n) is 7.46. The van der Waals surface area contributed by atoms with Crippen LogP contribution in [0.15, 0.2) is 12.2 Å². The molecule has 8 nitrogen and oxygen atoms in total. The highest BCUT2D eigenvalue weighted by atomic mass is 16.6. The molecule has 2 unspecified atom stereocenters. The van der Waals surface area contributed by atoms with Gasteiger partial charge in [0.25, 0.3) is 0 Å². The van der Waals surface area contributed by atoms with E-state index < -0.39 is 34.0 Å². The van der Waals surface area contributed by atoms with Crippen LogP contribution in [0.4, 0.5) is 0 Å². The standard InChI is InChI=1S/C27H42N2O6/c1-24(2)12-18(13-25(3,4)28(24)32)34-22(30)20-16-9-10-17(11-16)21(20)23(31)35-19-14-26(5,6)29(33)27(7,8)15-19/h9-10,16-21H,11-15H2,1-8H3/t16?,17?,20-,21-/m0/s1. The van der Waals surface area contributed by atoms with Gasteiger partial charge in [-0.05, 0) is 73.6 Å². The molecule has 0 amide bonds. The van der Waals surface area contributed by atoms with Crippen LogP contribution < -0.4 is 0 Å². The molecule has 2 aliphatic heterocycles. The molecule has 35 heavy (non-hydrogen) atoms. The molecule has 4 rings (SSSR count). The minimum absolute atomic E-state index is 0.0398. The van der Waals surface area contributed by atoms with Crippen LogP contribution in [-0.2, 0) is 29.5 Å². The lowest BCUT2D eigenvalue weighted by Crippen LogP contribution is -2.60. The molecule has 2 saturated heterocycles. The Morgan fingerprint density at radius 3 is 1.20 bits per heavy atom. The predicted molar refractivity (Wildman–Crippen MR) is 127 cm³/mol. The van der Waals surface area contributed by atoms with Crippen LogP contribution in [0.5, 0.6) is 0 Å². The molecule has 0 N–H and O–H groups in total. The van der Waals surface area contributed by atoms with Crippen molar-refractivity contribution in [2.75, 3.05) is 0 Å². The Kier molecular flexibility index (Phi) is 6.48. The van der Waals surface area contributed by atoms with Crippen LogP contribution in [0.25, 0.3) is 0 Å². The molecular weight excluding hydrogens is 448 g/mol. The average molecular weight is 491 g/mol. The number of ether oxygens (including phenoxy) is 2. The van der Waals surface area contributed by atoms with Crippen molar-refractivity contribution in [3.63, 3.8) is 0 Å². The van der Waals surface area contributed by atoms with Crippen LogP contribution in [0.1, 0.15) is 87.5 Å². The average Bonchev–Trinajstić information content (AvgIpc) is 3.31. The molecule has 2 bridgehead atoms. The van der Waals surface area contributed by atoms with Gasteiger partial charge in [-0.25, -0.2) is 0 Å². The van der Waals surface area contributed by atoms with Crippen LogP contribution in [0.2, 0.25) is 0 Å². The number of allylic oxidation sites excluding steroid dienone is 2. The van der Waals surface area contributed by atoms with Crippen LogP contribution in [-0.4, -0.2) is 56.4 Å². The largest absolute Gasteiger partial charge is 0.462 e. The maximum absolute atomic E-state index is 13.5. The Labute approximate surface area is 209 Å². The summed E-state index contributed by atoms with van der Waals surface area (Å²) in [7, 11) is 0. The zero-order valence-electron chi connectivity index (χ0n) is 22.5. The molecule has 8 heteroatoms. The van der Waals surface area contributed by atoms with E-state index in [0.717, 1.165) is 16.5 Å². The first-order valence-electron chi connectivity index (χ1n) is 13.0. The Balaban J connectivity index is 1.47. The second-order valence-corrected chi connectivity index (χ2v) is 13.8. The van der Waals surface area contributed by atoms with Crippen molar-refractivity contribution in [1.82, 2.24) is 10.1 Å². The SMILES string of the molecule is CC1(C)CC(OC(=O)[C@H]2C3C=CC(C3)[C@@H]2C(=O)OC2CC(C)(C)N([O])C(C)(C)C2)CC(C)(C)N1[O]. The van der Waals surface area contributed by atoms with Gasteiger partial charge in [0, 0.05) is 47.8 Å². The predicted octanol–water partition coefficient (Wildman–Crippen LogP) is 4.25. The minimum atomic E-state index is -0.643. The van der Waals surface area contributed by atoms with Crippen LogP contribution in [0.3, 0.4) is 0 Å². The maximum atomic E-state index is 13.5. The topological polar surface area (TPSA) is 98.9 Å². The zero-order valence-corrected chi connectivity index (χ0v) is 22.5. The van der Waals surface area contributed by atoms with Gasteiger partial charge in [0.1, 0.15) is 12.2 Å². The number of carbonyl (C=O) groups is 2. The second kappa shape index (κ2) is 8.54. The van der Waals surface area contributed by atoms with Crippen molar-refractivity contribution >= 4 is 11.9 Å². The highest BCUT2D eigenvalue weighted by Crippen LogP contribution is 2.50. The Bertz CT molecular complexity index is 788. The summed E-state index contributed by atoms with van der Waals surface area (Å²) in [6.45, 7) is 15.0. The third-order valence-electron chi connectivity index (χ3n) is 8.68. The van der Waals surface area contributed by atoms with Gasteiger partial charge < -0.3 is 9.47 Å². The van der Waals surface area contributed by atoms with Gasteiger partial charge >= 0.3 is 11.9 Å². The lowest BCUT2D eigenvalue weighted by Gasteiger charge is -2.49. The molecule has 0 aromatic heterocycles. The second-order valence-electron chi connectivity index (χ2n) is 13.8. The number of esters is 2. The number of hydrogen-bond donors (Lipinski definition) is 0. The summed E-state index contributed by atoms with van der Waals surface area (Å²) in [6, 6.07) is 0. The molecular formula is C27H42N2O6. The third kappa shape index (κ3) is 4.79. The van der Waals surface area contributed by atoms with Crippen molar-refractivity contribution in [3.8, 4) is 0 Å². The van der Waals surface area contributed by atoms with E-state index in [2.05, 4.69) is 0 Å². The molecule has 0 spiro atoms. The van der Waals surface area contributed by atoms with E-state index in [1.165, 1.54) is 0 Å². The van der Waals surface area contributed by atoms with Crippen molar-refractivity contribution in [1.29, 1.82) is 0 Å². The number of hydroxylamine groups is 4. The van der Waals surface area contributed by atoms with Gasteiger partial charge in [0.05, 0.1) is 11.8 Å². The summed E-state index contributed by atoms with van der Waals surface area (Å²) in [5.74, 6) is -1.96. The van der Waals surface area contributed by atoms with Crippen molar-refractivity contribution in [2.24, 2.45) is 23.7 Å². The Hall–Kier alpha value is -1.48. The van der Waals surface area contributed by atoms with E-state index in [4.69, 9.17) is 9.47 Å². The molecule has 0 aromatic carbocycles. The highest BCUT2D eigenvalue weighted by molar-refractivity contribution is 5.84. The molecule has 0 aromatic rings. The Morgan fingerprint density at radius 2 is 0.914 bits per heavy atom. The number of nitrogens with zero attached hydrogens (tertiary/aromatic N) is 2. The molecule has 2 radical (unpaired) electrons. The monoisotopic (exact) mass is 490 g/mol. The number of hydrogen-bond acceptors (Lipinski definition) is 6. The molecule has 4 aliphatic rings. The summed E-state index contributed by atoms with van der Waals surface area (Å²) in [6.07, 6.45) is 5.86. The first-order chi connectivity index (χ1) is 15.9. The van der Waals surface area contributed by atoms with E-state index >= 15 is 0 Å². The summed E-state index contributed by atoms with van der Waals surface area (Å²) < 4.78 is 12.0. The third-order valence-corrected chi connectivity index (χ3v) is 8.68. The minimum Gasteiger partial charge on any atom is -0.462 e. The van der Waals surface area contributed by atoms with Crippen molar-refractivity contribution < 1.29 is 29.5 Å². The molecule has 3 fully saturated rings. The van der Waals surface area contributed by atoms with E-state index in [9.17, 15) is 20.0 Å². The first kappa shape index (κ1) is 26.6. The van der Waals surface area contributed by atoms with Crippen molar-refractivity contribution in [3.05, 3.63) is 12.2 Å². The van der Waals surface area contributed by atoms with E-state index in [1.807, 2.05) is 67.5 Å². The summed E-state index contributed by atoms with van der Waals surface area (Å²) in [5.41, 5.74) is -2.57. The van der Waals surface area contributed by atoms with Gasteiger partial charge in [0.2, 0.25) is 0 Å². The highest BCUT2D eigenvalue weighted by Gasteiger charge is 2.56. The van der Waals surface area contributed by atoms with Crippen LogP contribution >= 0.6 is 0 Å². The smallest absolute Gasteiger partial charge is 0.310 e. The zero-order chi connectivity index (χ0) is 26.1. The molecule has 196 valence electrons. The number of piperidine rings is 2. The van der Waals surface area contributed by atoms with E-state index in [0.29, 0.717) is 25.7 Å². The first-order valence-corrected chi connectivity index (χ1v) is 13.0. The lowest BCUT2D eigenvalue weighted by molar-refractivity contribution is -0.300. The molecule has 4 atom stereocenters. The molecule has 1 saturated carbocycles. The normalized spacial score (nSPS) is 36.3. The lowest BCUT2D eigenvalue weighted by atomic mass is 9.79. The number of fused-ring (bicyclic) bond motifs is 2. The van der Waals surface area contributed by atoms with Gasteiger partial charge in [-0.1, -0.05) is 12.2 Å². The van der Waals surface area contributed by atoms with Crippen LogP contribution in [0, 0.1) is 23.7 Å². The fourth-order valence-corrected chi connectivity index (χ4v) is 7.46. The Morgan fingerprint density at radius 1 is 0.629 bits per heavy atom. The van der Waals surface area contributed by atoms with Crippen molar-refractivity contribution in [2.45, 2.75) is 122 Å². The van der Waals surface area contributed by atoms with Gasteiger partial charge in [-0.3, -0.25) is 9.59 Å². The van der Waals surface area contributed by atoms with Gasteiger partial charge in [0.15, 0.2) is 0 Å². The maximum Gasteiger partial charge on any atom is 0.310 e. The summed E-state index contributed by atoms with van der Waals surface area (Å²) in [5, 5.41) is 27.6. The van der Waals surface area contributed by atoms with E-state index in [1.54, 1.807) is 0 Å². The fraction of sp³-hybridized carbons (Fsp3) is 0.852. The van der Waals surface area contributed by atoms with E-state index in [-0.39, 0.29) is 36.0 Å². The number of rotatable bonds is 4. The summed E-state index contributed by atoms with van der Waals surface area (Å²) >= 11 is 0. The number of carbonyl (C=O) groups excluding carboxylic acids is 2. The molecule has 2 aliphatic carbocycles. The summed E-state index contributed by atoms with van der Waals surface area (Å²) in [4.78, 5) is 26.9. The molecule has 2 heterocycles.